The molecule has 0 aromatic rings. The Hall–Kier alpha value is -0.900. The number of hydrogen-bond acceptors (Lipinski definition) is 3. The van der Waals surface area contributed by atoms with Crippen molar-refractivity contribution in [2.45, 2.75) is 45.6 Å². The third kappa shape index (κ3) is 2.43. The number of carbonyl (C=O) groups excluding carboxylic acids is 2. The molecule has 1 atom stereocenters. The van der Waals surface area contributed by atoms with Crippen LogP contribution in [0.4, 0.5) is 0 Å². The van der Waals surface area contributed by atoms with E-state index in [9.17, 15) is 9.59 Å². The van der Waals surface area contributed by atoms with Gasteiger partial charge in [0.1, 0.15) is 0 Å². The first-order chi connectivity index (χ1) is 7.48. The van der Waals surface area contributed by atoms with Crippen LogP contribution in [0.1, 0.15) is 39.5 Å². The molecule has 2 aliphatic heterocycles. The summed E-state index contributed by atoms with van der Waals surface area (Å²) in [5, 5.41) is 3.32. The Morgan fingerprint density at radius 3 is 2.44 bits per heavy atom. The van der Waals surface area contributed by atoms with E-state index in [1.165, 1.54) is 4.90 Å². The minimum Gasteiger partial charge on any atom is -0.312 e. The van der Waals surface area contributed by atoms with Crippen molar-refractivity contribution in [1.29, 1.82) is 0 Å². The molecule has 90 valence electrons. The fraction of sp³-hybridized carbons (Fsp3) is 0.833. The summed E-state index contributed by atoms with van der Waals surface area (Å²) in [6.45, 7) is 5.53. The lowest BCUT2D eigenvalue weighted by Crippen LogP contribution is -2.50. The molecule has 0 aromatic carbocycles. The Labute approximate surface area is 96.4 Å². The van der Waals surface area contributed by atoms with Gasteiger partial charge in [0.05, 0.1) is 0 Å². The van der Waals surface area contributed by atoms with Gasteiger partial charge in [0.25, 0.3) is 0 Å². The molecular formula is C12H20N2O2. The first-order valence-electron chi connectivity index (χ1n) is 6.04. The molecule has 16 heavy (non-hydrogen) atoms. The lowest BCUT2D eigenvalue weighted by Gasteiger charge is -2.35. The predicted octanol–water partition coefficient (Wildman–Crippen LogP) is 0.914. The van der Waals surface area contributed by atoms with Gasteiger partial charge in [-0.15, -0.1) is 0 Å². The van der Waals surface area contributed by atoms with Gasteiger partial charge in [-0.3, -0.25) is 14.5 Å². The number of rotatable bonds is 2. The van der Waals surface area contributed by atoms with Crippen LogP contribution in [0.25, 0.3) is 0 Å². The summed E-state index contributed by atoms with van der Waals surface area (Å²) in [6, 6.07) is 0.314. The molecule has 0 radical (unpaired) electrons. The van der Waals surface area contributed by atoms with Crippen LogP contribution >= 0.6 is 0 Å². The van der Waals surface area contributed by atoms with E-state index in [-0.39, 0.29) is 17.2 Å². The van der Waals surface area contributed by atoms with E-state index in [1.54, 1.807) is 0 Å². The summed E-state index contributed by atoms with van der Waals surface area (Å²) in [6.07, 6.45) is 3.20. The van der Waals surface area contributed by atoms with Crippen molar-refractivity contribution in [3.05, 3.63) is 0 Å². The standard InChI is InChI=1S/C12H20N2O2/c1-12(2)6-10(15)14(11(16)7-12)8-9-4-3-5-13-9/h9,13H,3-8H2,1-2H3/t9-/m0/s1. The molecule has 2 aliphatic rings. The Balaban J connectivity index is 1.99. The van der Waals surface area contributed by atoms with Crippen molar-refractivity contribution < 1.29 is 9.59 Å². The van der Waals surface area contributed by atoms with E-state index in [0.717, 1.165) is 19.4 Å². The molecule has 0 bridgehead atoms. The second-order valence-electron chi connectivity index (χ2n) is 5.71. The van der Waals surface area contributed by atoms with Crippen molar-refractivity contribution in [2.75, 3.05) is 13.1 Å². The molecule has 2 saturated heterocycles. The van der Waals surface area contributed by atoms with Gasteiger partial charge in [0.15, 0.2) is 0 Å². The van der Waals surface area contributed by atoms with Gasteiger partial charge < -0.3 is 5.32 Å². The van der Waals surface area contributed by atoms with Gasteiger partial charge in [-0.25, -0.2) is 0 Å². The molecule has 2 amide bonds. The van der Waals surface area contributed by atoms with E-state index in [4.69, 9.17) is 0 Å². The molecule has 1 N–H and O–H groups in total. The SMILES string of the molecule is CC1(C)CC(=O)N(C[C@@H]2CCCN2)C(=O)C1. The maximum Gasteiger partial charge on any atom is 0.229 e. The summed E-state index contributed by atoms with van der Waals surface area (Å²) in [5.41, 5.74) is -0.159. The highest BCUT2D eigenvalue weighted by Gasteiger charge is 2.38. The lowest BCUT2D eigenvalue weighted by atomic mass is 9.81. The van der Waals surface area contributed by atoms with E-state index < -0.39 is 0 Å². The number of imide groups is 1. The summed E-state index contributed by atoms with van der Waals surface area (Å²) in [5.74, 6) is -0.00935. The molecule has 2 heterocycles. The highest BCUT2D eigenvalue weighted by Crippen LogP contribution is 2.31. The van der Waals surface area contributed by atoms with Gasteiger partial charge in [0.2, 0.25) is 11.8 Å². The summed E-state index contributed by atoms with van der Waals surface area (Å²) >= 11 is 0. The monoisotopic (exact) mass is 224 g/mol. The molecular weight excluding hydrogens is 204 g/mol. The van der Waals surface area contributed by atoms with Gasteiger partial charge in [-0.1, -0.05) is 13.8 Å². The number of amides is 2. The molecule has 4 nitrogen and oxygen atoms in total. The highest BCUT2D eigenvalue weighted by molar-refractivity contribution is 5.98. The zero-order chi connectivity index (χ0) is 11.8. The average molecular weight is 224 g/mol. The van der Waals surface area contributed by atoms with Crippen LogP contribution in [0.2, 0.25) is 0 Å². The number of nitrogens with one attached hydrogen (secondary N) is 1. The van der Waals surface area contributed by atoms with Crippen molar-refractivity contribution in [3.63, 3.8) is 0 Å². The van der Waals surface area contributed by atoms with Crippen LogP contribution in [-0.2, 0) is 9.59 Å². The molecule has 2 fully saturated rings. The second-order valence-corrected chi connectivity index (χ2v) is 5.71. The Bertz CT molecular complexity index is 286. The van der Waals surface area contributed by atoms with Gasteiger partial charge in [-0.05, 0) is 24.8 Å². The predicted molar refractivity (Wildman–Crippen MR) is 60.8 cm³/mol. The molecule has 0 aliphatic carbocycles. The Morgan fingerprint density at radius 1 is 1.31 bits per heavy atom. The third-order valence-electron chi connectivity index (χ3n) is 3.43. The number of nitrogens with zero attached hydrogens (tertiary/aromatic N) is 1. The molecule has 0 saturated carbocycles. The fourth-order valence-corrected chi connectivity index (χ4v) is 2.55. The summed E-state index contributed by atoms with van der Waals surface area (Å²) in [4.78, 5) is 25.2. The Kier molecular flexibility index (Phi) is 3.02. The highest BCUT2D eigenvalue weighted by atomic mass is 16.2. The molecule has 0 spiro atoms. The van der Waals surface area contributed by atoms with E-state index >= 15 is 0 Å². The lowest BCUT2D eigenvalue weighted by molar-refractivity contribution is -0.152. The first kappa shape index (κ1) is 11.6. The quantitative estimate of drug-likeness (QED) is 0.709. The van der Waals surface area contributed by atoms with Crippen molar-refractivity contribution in [2.24, 2.45) is 5.41 Å². The van der Waals surface area contributed by atoms with Crippen molar-refractivity contribution in [1.82, 2.24) is 10.2 Å². The van der Waals surface area contributed by atoms with Crippen molar-refractivity contribution >= 4 is 11.8 Å². The van der Waals surface area contributed by atoms with Crippen LogP contribution in [0, 0.1) is 5.41 Å². The van der Waals surface area contributed by atoms with E-state index in [0.29, 0.717) is 25.4 Å². The molecule has 4 heteroatoms. The summed E-state index contributed by atoms with van der Waals surface area (Å²) in [7, 11) is 0. The van der Waals surface area contributed by atoms with Gasteiger partial charge >= 0.3 is 0 Å². The van der Waals surface area contributed by atoms with Crippen molar-refractivity contribution in [3.8, 4) is 0 Å². The molecule has 0 unspecified atom stereocenters. The number of piperidine rings is 1. The number of carbonyl (C=O) groups is 2. The van der Waals surface area contributed by atoms with Crippen LogP contribution in [0.3, 0.4) is 0 Å². The minimum atomic E-state index is -0.159. The first-order valence-corrected chi connectivity index (χ1v) is 6.04. The van der Waals surface area contributed by atoms with Gasteiger partial charge in [0, 0.05) is 25.4 Å². The smallest absolute Gasteiger partial charge is 0.229 e. The minimum absolute atomic E-state index is 0.00468. The summed E-state index contributed by atoms with van der Waals surface area (Å²) < 4.78 is 0. The van der Waals surface area contributed by atoms with Gasteiger partial charge in [-0.2, -0.15) is 0 Å². The Morgan fingerprint density at radius 2 is 1.94 bits per heavy atom. The average Bonchev–Trinajstić information content (AvgIpc) is 2.62. The number of hydrogen-bond donors (Lipinski definition) is 1. The fourth-order valence-electron chi connectivity index (χ4n) is 2.55. The topological polar surface area (TPSA) is 49.4 Å². The maximum absolute atomic E-state index is 11.9. The maximum atomic E-state index is 11.9. The van der Waals surface area contributed by atoms with Crippen LogP contribution in [0.5, 0.6) is 0 Å². The molecule has 0 aromatic heterocycles. The van der Waals surface area contributed by atoms with Crippen LogP contribution < -0.4 is 5.32 Å². The second kappa shape index (κ2) is 4.17. The third-order valence-corrected chi connectivity index (χ3v) is 3.43. The molecule has 2 rings (SSSR count). The van der Waals surface area contributed by atoms with Crippen LogP contribution in [-0.4, -0.2) is 35.8 Å². The van der Waals surface area contributed by atoms with E-state index in [2.05, 4.69) is 5.32 Å². The zero-order valence-corrected chi connectivity index (χ0v) is 10.1. The number of likely N-dealkylation sites (tertiary alicyclic amines) is 1. The van der Waals surface area contributed by atoms with Crippen LogP contribution in [0.15, 0.2) is 0 Å². The zero-order valence-electron chi connectivity index (χ0n) is 10.1. The van der Waals surface area contributed by atoms with E-state index in [1.807, 2.05) is 13.8 Å². The normalized spacial score (nSPS) is 29.9. The largest absolute Gasteiger partial charge is 0.312 e.